The Hall–Kier alpha value is -1.63. The van der Waals surface area contributed by atoms with Gasteiger partial charge in [-0.15, -0.1) is 11.3 Å². The zero-order chi connectivity index (χ0) is 19.8. The average Bonchev–Trinajstić information content (AvgIpc) is 3.39. The van der Waals surface area contributed by atoms with E-state index in [9.17, 15) is 4.79 Å². The maximum atomic E-state index is 12.2. The number of halogens is 1. The molecule has 3 rings (SSSR count). The van der Waals surface area contributed by atoms with Gasteiger partial charge in [-0.3, -0.25) is 4.79 Å². The molecule has 1 aliphatic rings. The molecule has 0 atom stereocenters. The lowest BCUT2D eigenvalue weighted by molar-refractivity contribution is -0.120. The summed E-state index contributed by atoms with van der Waals surface area (Å²) < 4.78 is 0. The van der Waals surface area contributed by atoms with Crippen LogP contribution in [0, 0.1) is 0 Å². The van der Waals surface area contributed by atoms with E-state index in [1.54, 1.807) is 11.3 Å². The van der Waals surface area contributed by atoms with Gasteiger partial charge in [-0.2, -0.15) is 0 Å². The molecule has 4 nitrogen and oxygen atoms in total. The van der Waals surface area contributed by atoms with E-state index in [4.69, 9.17) is 23.8 Å². The third kappa shape index (κ3) is 6.47. The third-order valence-electron chi connectivity index (χ3n) is 4.98. The summed E-state index contributed by atoms with van der Waals surface area (Å²) in [4.78, 5) is 15.7. The van der Waals surface area contributed by atoms with Gasteiger partial charge in [0.2, 0.25) is 5.91 Å². The van der Waals surface area contributed by atoms with Gasteiger partial charge >= 0.3 is 0 Å². The molecule has 1 saturated carbocycles. The van der Waals surface area contributed by atoms with Crippen LogP contribution in [0.5, 0.6) is 0 Å². The molecule has 0 unspecified atom stereocenters. The predicted octanol–water partition coefficient (Wildman–Crippen LogP) is 4.38. The van der Waals surface area contributed by atoms with E-state index in [1.165, 1.54) is 30.6 Å². The van der Waals surface area contributed by atoms with E-state index >= 15 is 0 Å². The standard InChI is InChI=1S/C21H26ClN3OS2/c22-17-9-7-16(8-10-17)11-12-23-20(26)14-24-21(27)25(18-4-1-2-5-18)15-19-6-3-13-28-19/h3,6-10,13,18H,1-2,4-5,11-12,14-15H2,(H,23,26)(H,24,27). The van der Waals surface area contributed by atoms with Crippen LogP contribution in [0.4, 0.5) is 0 Å². The molecule has 0 radical (unpaired) electrons. The zero-order valence-corrected chi connectivity index (χ0v) is 18.2. The Bertz CT molecular complexity index is 758. The van der Waals surface area contributed by atoms with Crippen LogP contribution in [-0.2, 0) is 17.8 Å². The van der Waals surface area contributed by atoms with E-state index in [-0.39, 0.29) is 12.5 Å². The van der Waals surface area contributed by atoms with E-state index in [0.717, 1.165) is 23.6 Å². The highest BCUT2D eigenvalue weighted by atomic mass is 35.5. The van der Waals surface area contributed by atoms with Crippen molar-refractivity contribution in [2.45, 2.75) is 44.7 Å². The Morgan fingerprint density at radius 1 is 1.18 bits per heavy atom. The lowest BCUT2D eigenvalue weighted by Gasteiger charge is -2.31. The molecule has 1 heterocycles. The second kappa shape index (κ2) is 10.8. The minimum absolute atomic E-state index is 0.0428. The molecule has 1 aromatic carbocycles. The van der Waals surface area contributed by atoms with Crippen LogP contribution in [0.3, 0.4) is 0 Å². The second-order valence-corrected chi connectivity index (χ2v) is 8.89. The summed E-state index contributed by atoms with van der Waals surface area (Å²) in [6.07, 6.45) is 5.61. The Labute approximate surface area is 181 Å². The molecule has 1 fully saturated rings. The van der Waals surface area contributed by atoms with Gasteiger partial charge in [-0.25, -0.2) is 0 Å². The Morgan fingerprint density at radius 2 is 1.93 bits per heavy atom. The Kier molecular flexibility index (Phi) is 8.13. The van der Waals surface area contributed by atoms with Crippen molar-refractivity contribution in [2.24, 2.45) is 0 Å². The van der Waals surface area contributed by atoms with Crippen LogP contribution in [0.2, 0.25) is 5.02 Å². The number of amides is 1. The summed E-state index contributed by atoms with van der Waals surface area (Å²) in [5.41, 5.74) is 1.15. The number of thiocarbonyl (C=S) groups is 1. The normalized spacial score (nSPS) is 14.0. The fraction of sp³-hybridized carbons (Fsp3) is 0.429. The zero-order valence-electron chi connectivity index (χ0n) is 15.8. The van der Waals surface area contributed by atoms with Crippen LogP contribution in [0.1, 0.15) is 36.1 Å². The minimum atomic E-state index is -0.0428. The van der Waals surface area contributed by atoms with Gasteiger partial charge in [-0.1, -0.05) is 42.6 Å². The summed E-state index contributed by atoms with van der Waals surface area (Å²) in [5.74, 6) is -0.0428. The van der Waals surface area contributed by atoms with Crippen LogP contribution >= 0.6 is 35.2 Å². The molecule has 1 amide bonds. The van der Waals surface area contributed by atoms with Crippen LogP contribution in [0.25, 0.3) is 0 Å². The lowest BCUT2D eigenvalue weighted by Crippen LogP contribution is -2.47. The van der Waals surface area contributed by atoms with Crippen LogP contribution in [0.15, 0.2) is 41.8 Å². The molecule has 0 aliphatic heterocycles. The SMILES string of the molecule is O=C(CNC(=S)N(Cc1cccs1)C1CCCC1)NCCc1ccc(Cl)cc1. The van der Waals surface area contributed by atoms with Crippen LogP contribution in [-0.4, -0.2) is 35.1 Å². The molecular formula is C21H26ClN3OS2. The molecule has 2 aromatic rings. The van der Waals surface area contributed by atoms with Gasteiger partial charge in [0.25, 0.3) is 0 Å². The van der Waals surface area contributed by atoms with Crippen molar-refractivity contribution < 1.29 is 4.79 Å². The fourth-order valence-electron chi connectivity index (χ4n) is 3.47. The third-order valence-corrected chi connectivity index (χ3v) is 6.47. The summed E-state index contributed by atoms with van der Waals surface area (Å²) in [7, 11) is 0. The predicted molar refractivity (Wildman–Crippen MR) is 121 cm³/mol. The average molecular weight is 436 g/mol. The molecule has 0 spiro atoms. The topological polar surface area (TPSA) is 44.4 Å². The highest BCUT2D eigenvalue weighted by molar-refractivity contribution is 7.80. The highest BCUT2D eigenvalue weighted by Crippen LogP contribution is 2.26. The van der Waals surface area contributed by atoms with Crippen molar-refractivity contribution in [1.29, 1.82) is 0 Å². The molecule has 1 aromatic heterocycles. The van der Waals surface area contributed by atoms with Gasteiger partial charge < -0.3 is 15.5 Å². The molecule has 150 valence electrons. The van der Waals surface area contributed by atoms with Gasteiger partial charge in [-0.05, 0) is 60.6 Å². The van der Waals surface area contributed by atoms with Crippen molar-refractivity contribution in [2.75, 3.05) is 13.1 Å². The molecule has 28 heavy (non-hydrogen) atoms. The van der Waals surface area contributed by atoms with E-state index in [0.29, 0.717) is 17.7 Å². The first-order valence-corrected chi connectivity index (χ1v) is 11.4. The van der Waals surface area contributed by atoms with Crippen molar-refractivity contribution in [1.82, 2.24) is 15.5 Å². The van der Waals surface area contributed by atoms with Crippen molar-refractivity contribution in [3.8, 4) is 0 Å². The molecule has 7 heteroatoms. The second-order valence-electron chi connectivity index (χ2n) is 7.03. The first kappa shape index (κ1) is 21.1. The van der Waals surface area contributed by atoms with Crippen molar-refractivity contribution in [3.63, 3.8) is 0 Å². The summed E-state index contributed by atoms with van der Waals surface area (Å²) in [6, 6.07) is 12.4. The van der Waals surface area contributed by atoms with Crippen molar-refractivity contribution >= 4 is 46.2 Å². The smallest absolute Gasteiger partial charge is 0.239 e. The van der Waals surface area contributed by atoms with Gasteiger partial charge in [0.1, 0.15) is 0 Å². The largest absolute Gasteiger partial charge is 0.354 e. The number of nitrogens with one attached hydrogen (secondary N) is 2. The van der Waals surface area contributed by atoms with Crippen LogP contribution < -0.4 is 10.6 Å². The minimum Gasteiger partial charge on any atom is -0.354 e. The molecule has 0 bridgehead atoms. The first-order valence-electron chi connectivity index (χ1n) is 9.70. The Balaban J connectivity index is 1.43. The first-order chi connectivity index (χ1) is 13.6. The molecule has 1 aliphatic carbocycles. The number of carbonyl (C=O) groups excluding carboxylic acids is 1. The van der Waals surface area contributed by atoms with E-state index in [2.05, 4.69) is 33.0 Å². The molecular weight excluding hydrogens is 410 g/mol. The number of hydrogen-bond acceptors (Lipinski definition) is 3. The highest BCUT2D eigenvalue weighted by Gasteiger charge is 2.25. The van der Waals surface area contributed by atoms with E-state index in [1.807, 2.05) is 24.3 Å². The lowest BCUT2D eigenvalue weighted by atomic mass is 10.1. The quantitative estimate of drug-likeness (QED) is 0.604. The monoisotopic (exact) mass is 435 g/mol. The molecule has 0 saturated heterocycles. The number of thiophene rings is 1. The summed E-state index contributed by atoms with van der Waals surface area (Å²) in [5, 5.41) is 9.59. The van der Waals surface area contributed by atoms with Gasteiger partial charge in [0.15, 0.2) is 5.11 Å². The van der Waals surface area contributed by atoms with Crippen molar-refractivity contribution in [3.05, 3.63) is 57.2 Å². The summed E-state index contributed by atoms with van der Waals surface area (Å²) in [6.45, 7) is 1.61. The van der Waals surface area contributed by atoms with E-state index < -0.39 is 0 Å². The molecule has 2 N–H and O–H groups in total. The maximum Gasteiger partial charge on any atom is 0.239 e. The number of carbonyl (C=O) groups is 1. The van der Waals surface area contributed by atoms with Gasteiger partial charge in [0.05, 0.1) is 13.1 Å². The fourth-order valence-corrected chi connectivity index (χ4v) is 4.58. The number of nitrogens with zero attached hydrogens (tertiary/aromatic N) is 1. The summed E-state index contributed by atoms with van der Waals surface area (Å²) >= 11 is 13.3. The number of rotatable bonds is 8. The Morgan fingerprint density at radius 3 is 2.61 bits per heavy atom. The number of benzene rings is 1. The van der Waals surface area contributed by atoms with Gasteiger partial charge in [0, 0.05) is 22.5 Å². The maximum absolute atomic E-state index is 12.2. The number of hydrogen-bond donors (Lipinski definition) is 2.